The van der Waals surface area contributed by atoms with E-state index in [1.807, 2.05) is 17.0 Å². The van der Waals surface area contributed by atoms with Crippen LogP contribution in [0.3, 0.4) is 0 Å². The fraction of sp³-hybridized carbons (Fsp3) is 0.429. The Morgan fingerprint density at radius 3 is 2.46 bits per heavy atom. The second-order valence-electron chi connectivity index (χ2n) is 6.76. The molecule has 5 nitrogen and oxygen atoms in total. The highest BCUT2D eigenvalue weighted by molar-refractivity contribution is 14.0. The number of aryl methyl sites for hydroxylation is 1. The van der Waals surface area contributed by atoms with Gasteiger partial charge in [-0.2, -0.15) is 0 Å². The molecule has 0 atom stereocenters. The fourth-order valence-corrected chi connectivity index (χ4v) is 4.00. The molecule has 0 bridgehead atoms. The highest BCUT2D eigenvalue weighted by atomic mass is 127. The van der Waals surface area contributed by atoms with E-state index in [-0.39, 0.29) is 29.9 Å². The Kier molecular flexibility index (Phi) is 9.24. The minimum atomic E-state index is 0. The molecule has 0 unspecified atom stereocenters. The number of halogens is 1. The summed E-state index contributed by atoms with van der Waals surface area (Å²) in [5.41, 5.74) is 2.55. The van der Waals surface area contributed by atoms with E-state index in [4.69, 9.17) is 0 Å². The Morgan fingerprint density at radius 1 is 1.14 bits per heavy atom. The van der Waals surface area contributed by atoms with Crippen molar-refractivity contribution < 1.29 is 4.79 Å². The van der Waals surface area contributed by atoms with Crippen LogP contribution >= 0.6 is 35.3 Å². The number of amides is 1. The van der Waals surface area contributed by atoms with Crippen LogP contribution in [0.5, 0.6) is 0 Å². The molecule has 1 amide bonds. The van der Waals surface area contributed by atoms with Crippen LogP contribution in [0.1, 0.15) is 40.6 Å². The average Bonchev–Trinajstić information content (AvgIpc) is 3.28. The summed E-state index contributed by atoms with van der Waals surface area (Å²) in [6.07, 6.45) is 1.36. The number of hydrogen-bond donors (Lipinski definition) is 2. The molecule has 2 aromatic rings. The number of rotatable bonds is 7. The first-order valence-electron chi connectivity index (χ1n) is 9.57. The summed E-state index contributed by atoms with van der Waals surface area (Å²) in [4.78, 5) is 21.6. The number of fused-ring (bicyclic) bond motifs is 1. The van der Waals surface area contributed by atoms with E-state index in [2.05, 4.69) is 53.7 Å². The molecule has 152 valence electrons. The summed E-state index contributed by atoms with van der Waals surface area (Å²) in [6, 6.07) is 12.5. The number of guanidine groups is 1. The number of hydrogen-bond acceptors (Lipinski definition) is 3. The van der Waals surface area contributed by atoms with Crippen molar-refractivity contribution in [2.75, 3.05) is 13.1 Å². The Hall–Kier alpha value is -1.61. The summed E-state index contributed by atoms with van der Waals surface area (Å²) in [7, 11) is 0. The van der Waals surface area contributed by atoms with Gasteiger partial charge in [-0.05, 0) is 43.5 Å². The summed E-state index contributed by atoms with van der Waals surface area (Å²) in [5, 5.41) is 6.60. The van der Waals surface area contributed by atoms with Gasteiger partial charge in [-0.3, -0.25) is 4.79 Å². The zero-order chi connectivity index (χ0) is 19.1. The SMILES string of the molecule is CCNC(=NCc1ccc(C)s1)NCCCC(=O)N1Cc2ccccc2C1.I. The third-order valence-electron chi connectivity index (χ3n) is 4.59. The van der Waals surface area contributed by atoms with Crippen LogP contribution in [0.4, 0.5) is 0 Å². The van der Waals surface area contributed by atoms with Crippen LogP contribution in [0.15, 0.2) is 41.4 Å². The molecular formula is C21H29IN4OS. The van der Waals surface area contributed by atoms with E-state index in [1.165, 1.54) is 20.9 Å². The Bertz CT molecular complexity index is 780. The van der Waals surface area contributed by atoms with Gasteiger partial charge in [0.05, 0.1) is 6.54 Å². The predicted octanol–water partition coefficient (Wildman–Crippen LogP) is 4.05. The topological polar surface area (TPSA) is 56.7 Å². The summed E-state index contributed by atoms with van der Waals surface area (Å²) in [6.45, 7) is 7.89. The Balaban J connectivity index is 0.00000280. The molecule has 0 radical (unpaired) electrons. The monoisotopic (exact) mass is 512 g/mol. The van der Waals surface area contributed by atoms with Gasteiger partial charge in [-0.15, -0.1) is 35.3 Å². The molecule has 0 aliphatic carbocycles. The molecule has 7 heteroatoms. The number of aliphatic imine (C=N–C) groups is 1. The first kappa shape index (κ1) is 22.7. The van der Waals surface area contributed by atoms with E-state index >= 15 is 0 Å². The number of carbonyl (C=O) groups is 1. The van der Waals surface area contributed by atoms with E-state index < -0.39 is 0 Å². The highest BCUT2D eigenvalue weighted by Crippen LogP contribution is 2.22. The predicted molar refractivity (Wildman–Crippen MR) is 127 cm³/mol. The smallest absolute Gasteiger partial charge is 0.223 e. The van der Waals surface area contributed by atoms with Gasteiger partial charge in [-0.25, -0.2) is 4.99 Å². The molecular weight excluding hydrogens is 483 g/mol. The van der Waals surface area contributed by atoms with E-state index in [1.54, 1.807) is 11.3 Å². The average molecular weight is 512 g/mol. The molecule has 0 saturated carbocycles. The van der Waals surface area contributed by atoms with E-state index in [9.17, 15) is 4.79 Å². The maximum Gasteiger partial charge on any atom is 0.223 e. The maximum absolute atomic E-state index is 12.5. The van der Waals surface area contributed by atoms with Crippen molar-refractivity contribution in [2.45, 2.75) is 46.3 Å². The van der Waals surface area contributed by atoms with Crippen molar-refractivity contribution in [3.05, 3.63) is 57.3 Å². The van der Waals surface area contributed by atoms with Gasteiger partial charge in [0.1, 0.15) is 0 Å². The largest absolute Gasteiger partial charge is 0.357 e. The molecule has 2 N–H and O–H groups in total. The van der Waals surface area contributed by atoms with Gasteiger partial charge in [-0.1, -0.05) is 24.3 Å². The summed E-state index contributed by atoms with van der Waals surface area (Å²) < 4.78 is 0. The number of benzene rings is 1. The van der Waals surface area contributed by atoms with Crippen molar-refractivity contribution in [3.8, 4) is 0 Å². The molecule has 28 heavy (non-hydrogen) atoms. The van der Waals surface area contributed by atoms with Crippen LogP contribution in [0.2, 0.25) is 0 Å². The van der Waals surface area contributed by atoms with Crippen LogP contribution in [0.25, 0.3) is 0 Å². The first-order chi connectivity index (χ1) is 13.2. The van der Waals surface area contributed by atoms with E-state index in [0.717, 1.165) is 38.6 Å². The number of nitrogens with zero attached hydrogens (tertiary/aromatic N) is 2. The lowest BCUT2D eigenvalue weighted by Gasteiger charge is -2.16. The normalized spacial score (nSPS) is 13.1. The molecule has 1 aliphatic heterocycles. The van der Waals surface area contributed by atoms with Gasteiger partial charge in [0.15, 0.2) is 5.96 Å². The molecule has 1 aromatic carbocycles. The van der Waals surface area contributed by atoms with Crippen molar-refractivity contribution in [1.29, 1.82) is 0 Å². The van der Waals surface area contributed by atoms with Gasteiger partial charge in [0, 0.05) is 42.4 Å². The zero-order valence-corrected chi connectivity index (χ0v) is 19.7. The second-order valence-corrected chi connectivity index (χ2v) is 8.13. The highest BCUT2D eigenvalue weighted by Gasteiger charge is 2.22. The standard InChI is InChI=1S/C21H28N4OS.HI/c1-3-22-21(24-13-19-11-10-16(2)27-19)23-12-6-9-20(26)25-14-17-7-4-5-8-18(17)15-25;/h4-5,7-8,10-11H,3,6,9,12-15H2,1-2H3,(H2,22,23,24);1H. The van der Waals surface area contributed by atoms with Crippen molar-refractivity contribution in [2.24, 2.45) is 4.99 Å². The number of nitrogens with one attached hydrogen (secondary N) is 2. The van der Waals surface area contributed by atoms with Crippen LogP contribution < -0.4 is 10.6 Å². The molecule has 1 aliphatic rings. The minimum absolute atomic E-state index is 0. The molecule has 2 heterocycles. The minimum Gasteiger partial charge on any atom is -0.357 e. The number of carbonyl (C=O) groups excluding carboxylic acids is 1. The molecule has 0 fully saturated rings. The number of thiophene rings is 1. The Morgan fingerprint density at radius 2 is 1.86 bits per heavy atom. The summed E-state index contributed by atoms with van der Waals surface area (Å²) >= 11 is 1.78. The lowest BCUT2D eigenvalue weighted by molar-refractivity contribution is -0.131. The third kappa shape index (κ3) is 6.48. The van der Waals surface area contributed by atoms with Crippen molar-refractivity contribution >= 4 is 47.2 Å². The summed E-state index contributed by atoms with van der Waals surface area (Å²) in [5.74, 6) is 1.04. The lowest BCUT2D eigenvalue weighted by Crippen LogP contribution is -2.38. The van der Waals surface area contributed by atoms with Crippen molar-refractivity contribution in [1.82, 2.24) is 15.5 Å². The third-order valence-corrected chi connectivity index (χ3v) is 5.57. The quantitative estimate of drug-likeness (QED) is 0.255. The molecule has 0 saturated heterocycles. The second kappa shape index (κ2) is 11.4. The van der Waals surface area contributed by atoms with Crippen molar-refractivity contribution in [3.63, 3.8) is 0 Å². The maximum atomic E-state index is 12.5. The zero-order valence-electron chi connectivity index (χ0n) is 16.5. The van der Waals surface area contributed by atoms with Crippen LogP contribution in [-0.2, 0) is 24.4 Å². The first-order valence-corrected chi connectivity index (χ1v) is 10.4. The Labute approximate surface area is 188 Å². The fourth-order valence-electron chi connectivity index (χ4n) is 3.18. The van der Waals surface area contributed by atoms with Gasteiger partial charge < -0.3 is 15.5 Å². The van der Waals surface area contributed by atoms with Crippen LogP contribution in [-0.4, -0.2) is 29.9 Å². The molecule has 3 rings (SSSR count). The molecule has 1 aromatic heterocycles. The lowest BCUT2D eigenvalue weighted by atomic mass is 10.1. The molecule has 0 spiro atoms. The van der Waals surface area contributed by atoms with Gasteiger partial charge >= 0.3 is 0 Å². The van der Waals surface area contributed by atoms with Crippen LogP contribution in [0, 0.1) is 6.92 Å². The van der Waals surface area contributed by atoms with E-state index in [0.29, 0.717) is 13.0 Å². The van der Waals surface area contributed by atoms with Gasteiger partial charge in [0.2, 0.25) is 5.91 Å². The van der Waals surface area contributed by atoms with Gasteiger partial charge in [0.25, 0.3) is 0 Å².